The SMILES string of the molecule is CCCC(N)C(=O)NCc1ccc(SC)cc1.Cl. The fourth-order valence-electron chi connectivity index (χ4n) is 1.51. The van der Waals surface area contributed by atoms with Crippen LogP contribution in [0.4, 0.5) is 0 Å². The van der Waals surface area contributed by atoms with Crippen molar-refractivity contribution >= 4 is 30.1 Å². The molecule has 1 rings (SSSR count). The topological polar surface area (TPSA) is 55.1 Å². The van der Waals surface area contributed by atoms with E-state index < -0.39 is 0 Å². The van der Waals surface area contributed by atoms with Gasteiger partial charge in [0.05, 0.1) is 6.04 Å². The first-order chi connectivity index (χ1) is 8.17. The summed E-state index contributed by atoms with van der Waals surface area (Å²) < 4.78 is 0. The average molecular weight is 289 g/mol. The van der Waals surface area contributed by atoms with Crippen molar-refractivity contribution in [2.75, 3.05) is 6.26 Å². The van der Waals surface area contributed by atoms with Crippen LogP contribution in [0.3, 0.4) is 0 Å². The molecule has 0 aromatic heterocycles. The molecule has 3 nitrogen and oxygen atoms in total. The minimum absolute atomic E-state index is 0. The summed E-state index contributed by atoms with van der Waals surface area (Å²) in [5, 5.41) is 2.85. The summed E-state index contributed by atoms with van der Waals surface area (Å²) >= 11 is 1.71. The first-order valence-corrected chi connectivity index (χ1v) is 7.06. The number of hydrogen-bond acceptors (Lipinski definition) is 3. The summed E-state index contributed by atoms with van der Waals surface area (Å²) in [6.07, 6.45) is 3.70. The van der Waals surface area contributed by atoms with Crippen molar-refractivity contribution in [1.29, 1.82) is 0 Å². The number of hydrogen-bond donors (Lipinski definition) is 2. The van der Waals surface area contributed by atoms with Gasteiger partial charge in [-0.05, 0) is 30.4 Å². The first kappa shape index (κ1) is 17.3. The summed E-state index contributed by atoms with van der Waals surface area (Å²) in [7, 11) is 0. The molecule has 1 unspecified atom stereocenters. The number of nitrogens with two attached hydrogens (primary N) is 1. The predicted molar refractivity (Wildman–Crippen MR) is 80.2 cm³/mol. The maximum atomic E-state index is 11.6. The molecular weight excluding hydrogens is 268 g/mol. The molecule has 0 spiro atoms. The second-order valence-corrected chi connectivity index (χ2v) is 4.84. The molecular formula is C13H21ClN2OS. The van der Waals surface area contributed by atoms with Crippen molar-refractivity contribution in [2.24, 2.45) is 5.73 Å². The van der Waals surface area contributed by atoms with Gasteiger partial charge in [-0.15, -0.1) is 24.2 Å². The Morgan fingerprint density at radius 2 is 2.00 bits per heavy atom. The number of halogens is 1. The highest BCUT2D eigenvalue weighted by Crippen LogP contribution is 2.14. The summed E-state index contributed by atoms with van der Waals surface area (Å²) in [5.41, 5.74) is 6.82. The van der Waals surface area contributed by atoms with Gasteiger partial charge >= 0.3 is 0 Å². The number of carbonyl (C=O) groups excluding carboxylic acids is 1. The van der Waals surface area contributed by atoms with Crippen molar-refractivity contribution < 1.29 is 4.79 Å². The first-order valence-electron chi connectivity index (χ1n) is 5.83. The van der Waals surface area contributed by atoms with Crippen molar-refractivity contribution in [3.63, 3.8) is 0 Å². The lowest BCUT2D eigenvalue weighted by Gasteiger charge is -2.11. The molecule has 1 atom stereocenters. The van der Waals surface area contributed by atoms with Crippen LogP contribution >= 0.6 is 24.2 Å². The number of benzene rings is 1. The van der Waals surface area contributed by atoms with Gasteiger partial charge in [0.15, 0.2) is 0 Å². The zero-order valence-electron chi connectivity index (χ0n) is 10.8. The third-order valence-electron chi connectivity index (χ3n) is 2.56. The van der Waals surface area contributed by atoms with Crippen LogP contribution in [0.15, 0.2) is 29.2 Å². The largest absolute Gasteiger partial charge is 0.351 e. The summed E-state index contributed by atoms with van der Waals surface area (Å²) in [4.78, 5) is 12.8. The van der Waals surface area contributed by atoms with Gasteiger partial charge in [-0.2, -0.15) is 0 Å². The summed E-state index contributed by atoms with van der Waals surface area (Å²) in [6, 6.07) is 7.77. The Kier molecular flexibility index (Phi) is 8.89. The lowest BCUT2D eigenvalue weighted by atomic mass is 10.1. The van der Waals surface area contributed by atoms with Crippen molar-refractivity contribution in [2.45, 2.75) is 37.2 Å². The number of carbonyl (C=O) groups is 1. The molecule has 1 aromatic rings. The van der Waals surface area contributed by atoms with E-state index in [1.807, 2.05) is 25.3 Å². The number of rotatable bonds is 6. The highest BCUT2D eigenvalue weighted by atomic mass is 35.5. The number of amides is 1. The van der Waals surface area contributed by atoms with Crippen LogP contribution in [0, 0.1) is 0 Å². The van der Waals surface area contributed by atoms with Crippen LogP contribution in [0.2, 0.25) is 0 Å². The molecule has 18 heavy (non-hydrogen) atoms. The molecule has 0 aliphatic carbocycles. The van der Waals surface area contributed by atoms with Crippen LogP contribution < -0.4 is 11.1 Å². The molecule has 0 saturated carbocycles. The normalized spacial score (nSPS) is 11.5. The van der Waals surface area contributed by atoms with E-state index >= 15 is 0 Å². The zero-order chi connectivity index (χ0) is 12.7. The van der Waals surface area contributed by atoms with E-state index in [0.29, 0.717) is 6.54 Å². The molecule has 0 heterocycles. The van der Waals surface area contributed by atoms with Gasteiger partial charge in [-0.3, -0.25) is 4.79 Å². The van der Waals surface area contributed by atoms with Crippen molar-refractivity contribution in [3.05, 3.63) is 29.8 Å². The van der Waals surface area contributed by atoms with Gasteiger partial charge in [0.25, 0.3) is 0 Å². The van der Waals surface area contributed by atoms with E-state index in [1.54, 1.807) is 11.8 Å². The molecule has 0 aliphatic rings. The molecule has 1 amide bonds. The summed E-state index contributed by atoms with van der Waals surface area (Å²) in [6.45, 7) is 2.57. The molecule has 102 valence electrons. The third kappa shape index (κ3) is 5.76. The van der Waals surface area contributed by atoms with E-state index in [2.05, 4.69) is 17.4 Å². The van der Waals surface area contributed by atoms with Crippen molar-refractivity contribution in [1.82, 2.24) is 5.32 Å². The van der Waals surface area contributed by atoms with Crippen LogP contribution in [0.5, 0.6) is 0 Å². The Morgan fingerprint density at radius 3 is 2.50 bits per heavy atom. The van der Waals surface area contributed by atoms with E-state index in [4.69, 9.17) is 5.73 Å². The Morgan fingerprint density at radius 1 is 1.39 bits per heavy atom. The zero-order valence-corrected chi connectivity index (χ0v) is 12.4. The van der Waals surface area contributed by atoms with E-state index in [-0.39, 0.29) is 24.4 Å². The Labute approximate surface area is 119 Å². The Bertz CT molecular complexity index is 357. The Balaban J connectivity index is 0.00000289. The van der Waals surface area contributed by atoms with Crippen LogP contribution in [0.1, 0.15) is 25.3 Å². The standard InChI is InChI=1S/C13H20N2OS.ClH/c1-3-4-12(14)13(16)15-9-10-5-7-11(17-2)8-6-10;/h5-8,12H,3-4,9,14H2,1-2H3,(H,15,16);1H. The molecule has 0 fully saturated rings. The maximum Gasteiger partial charge on any atom is 0.237 e. The minimum atomic E-state index is -0.384. The highest BCUT2D eigenvalue weighted by Gasteiger charge is 2.11. The fourth-order valence-corrected chi connectivity index (χ4v) is 1.91. The van der Waals surface area contributed by atoms with Crippen molar-refractivity contribution in [3.8, 4) is 0 Å². The van der Waals surface area contributed by atoms with E-state index in [9.17, 15) is 4.79 Å². The highest BCUT2D eigenvalue weighted by molar-refractivity contribution is 7.98. The van der Waals surface area contributed by atoms with Crippen LogP contribution in [0.25, 0.3) is 0 Å². The smallest absolute Gasteiger partial charge is 0.237 e. The second kappa shape index (κ2) is 9.25. The van der Waals surface area contributed by atoms with Crippen LogP contribution in [-0.2, 0) is 11.3 Å². The maximum absolute atomic E-state index is 11.6. The fraction of sp³-hybridized carbons (Fsp3) is 0.462. The van der Waals surface area contributed by atoms with Gasteiger partial charge in [0.2, 0.25) is 5.91 Å². The molecule has 0 radical (unpaired) electrons. The monoisotopic (exact) mass is 288 g/mol. The number of thioether (sulfide) groups is 1. The number of nitrogens with one attached hydrogen (secondary N) is 1. The molecule has 0 bridgehead atoms. The van der Waals surface area contributed by atoms with Gasteiger partial charge in [-0.25, -0.2) is 0 Å². The van der Waals surface area contributed by atoms with Gasteiger partial charge < -0.3 is 11.1 Å². The average Bonchev–Trinajstić information content (AvgIpc) is 2.36. The molecule has 3 N–H and O–H groups in total. The van der Waals surface area contributed by atoms with Gasteiger partial charge in [-0.1, -0.05) is 25.5 Å². The predicted octanol–water partition coefficient (Wildman–Crippen LogP) is 2.57. The van der Waals surface area contributed by atoms with Gasteiger partial charge in [0.1, 0.15) is 0 Å². The molecule has 1 aromatic carbocycles. The van der Waals surface area contributed by atoms with E-state index in [0.717, 1.165) is 18.4 Å². The summed E-state index contributed by atoms with van der Waals surface area (Å²) in [5.74, 6) is -0.0687. The Hall–Kier alpha value is -0.710. The molecule has 0 saturated heterocycles. The second-order valence-electron chi connectivity index (χ2n) is 3.96. The minimum Gasteiger partial charge on any atom is -0.351 e. The third-order valence-corrected chi connectivity index (χ3v) is 3.31. The van der Waals surface area contributed by atoms with Gasteiger partial charge in [0, 0.05) is 11.4 Å². The molecule has 5 heteroatoms. The quantitative estimate of drug-likeness (QED) is 0.791. The van der Waals surface area contributed by atoms with Crippen LogP contribution in [-0.4, -0.2) is 18.2 Å². The van der Waals surface area contributed by atoms with E-state index in [1.165, 1.54) is 4.90 Å². The lowest BCUT2D eigenvalue weighted by Crippen LogP contribution is -2.40. The molecule has 0 aliphatic heterocycles. The lowest BCUT2D eigenvalue weighted by molar-refractivity contribution is -0.122.